The lowest BCUT2D eigenvalue weighted by Crippen LogP contribution is -2.39. The molecule has 1 aromatic rings. The summed E-state index contributed by atoms with van der Waals surface area (Å²) < 4.78 is 9.83. The predicted octanol–water partition coefficient (Wildman–Crippen LogP) is 1.86. The van der Waals surface area contributed by atoms with Crippen molar-refractivity contribution in [2.45, 2.75) is 33.0 Å². The lowest BCUT2D eigenvalue weighted by atomic mass is 9.99. The first kappa shape index (κ1) is 18.0. The van der Waals surface area contributed by atoms with E-state index in [1.54, 1.807) is 6.92 Å². The summed E-state index contributed by atoms with van der Waals surface area (Å²) in [5, 5.41) is 12.4. The van der Waals surface area contributed by atoms with Gasteiger partial charge in [0, 0.05) is 12.5 Å². The van der Waals surface area contributed by atoms with E-state index in [4.69, 9.17) is 9.47 Å². The number of esters is 1. The fourth-order valence-corrected chi connectivity index (χ4v) is 1.89. The largest absolute Gasteiger partial charge is 0.464 e. The average Bonchev–Trinajstić information content (AvgIpc) is 2.54. The molecule has 0 aliphatic rings. The van der Waals surface area contributed by atoms with Crippen LogP contribution in [0.5, 0.6) is 0 Å². The molecule has 0 aromatic heterocycles. The number of amides is 1. The third-order valence-electron chi connectivity index (χ3n) is 3.22. The van der Waals surface area contributed by atoms with E-state index in [9.17, 15) is 14.7 Å². The molecule has 6 heteroatoms. The highest BCUT2D eigenvalue weighted by Crippen LogP contribution is 2.10. The summed E-state index contributed by atoms with van der Waals surface area (Å²) in [5.41, 5.74) is 0.885. The van der Waals surface area contributed by atoms with Crippen molar-refractivity contribution in [2.75, 3.05) is 13.2 Å². The first-order valence-corrected chi connectivity index (χ1v) is 7.37. The van der Waals surface area contributed by atoms with Gasteiger partial charge in [-0.05, 0) is 18.9 Å². The van der Waals surface area contributed by atoms with Crippen molar-refractivity contribution in [1.82, 2.24) is 5.32 Å². The number of aliphatic hydroxyl groups excluding tert-OH is 1. The van der Waals surface area contributed by atoms with Crippen molar-refractivity contribution >= 4 is 12.1 Å². The summed E-state index contributed by atoms with van der Waals surface area (Å²) in [5.74, 6) is -1.09. The monoisotopic (exact) mass is 309 g/mol. The van der Waals surface area contributed by atoms with Gasteiger partial charge in [0.1, 0.15) is 6.61 Å². The van der Waals surface area contributed by atoms with Gasteiger partial charge in [-0.15, -0.1) is 0 Å². The van der Waals surface area contributed by atoms with E-state index in [2.05, 4.69) is 5.32 Å². The van der Waals surface area contributed by atoms with Crippen LogP contribution in [0.1, 0.15) is 25.8 Å². The number of carbonyl (C=O) groups excluding carboxylic acids is 2. The summed E-state index contributed by atoms with van der Waals surface area (Å²) in [6.07, 6.45) is -1.31. The van der Waals surface area contributed by atoms with Crippen LogP contribution in [0.15, 0.2) is 30.3 Å². The molecule has 22 heavy (non-hydrogen) atoms. The first-order valence-electron chi connectivity index (χ1n) is 7.37. The van der Waals surface area contributed by atoms with E-state index >= 15 is 0 Å². The molecule has 0 aliphatic heterocycles. The van der Waals surface area contributed by atoms with E-state index in [0.717, 1.165) is 5.56 Å². The van der Waals surface area contributed by atoms with Gasteiger partial charge in [0.2, 0.25) is 0 Å². The van der Waals surface area contributed by atoms with Crippen LogP contribution in [0.25, 0.3) is 0 Å². The van der Waals surface area contributed by atoms with Crippen LogP contribution in [0.4, 0.5) is 4.79 Å². The zero-order valence-corrected chi connectivity index (χ0v) is 13.0. The summed E-state index contributed by atoms with van der Waals surface area (Å²) in [4.78, 5) is 23.1. The van der Waals surface area contributed by atoms with Gasteiger partial charge >= 0.3 is 12.1 Å². The maximum atomic E-state index is 11.6. The molecule has 6 nitrogen and oxygen atoms in total. The highest BCUT2D eigenvalue weighted by molar-refractivity contribution is 5.75. The van der Waals surface area contributed by atoms with Gasteiger partial charge < -0.3 is 19.9 Å². The van der Waals surface area contributed by atoms with Crippen molar-refractivity contribution in [2.24, 2.45) is 5.92 Å². The smallest absolute Gasteiger partial charge is 0.407 e. The second-order valence-corrected chi connectivity index (χ2v) is 4.81. The molecule has 0 aliphatic carbocycles. The molecule has 1 aromatic carbocycles. The maximum Gasteiger partial charge on any atom is 0.407 e. The Hall–Kier alpha value is -2.08. The van der Waals surface area contributed by atoms with Crippen molar-refractivity contribution in [3.63, 3.8) is 0 Å². The molecule has 1 amide bonds. The molecular weight excluding hydrogens is 286 g/mol. The molecule has 122 valence electrons. The van der Waals surface area contributed by atoms with E-state index in [-0.39, 0.29) is 19.8 Å². The number of ether oxygens (including phenoxy) is 2. The lowest BCUT2D eigenvalue weighted by Gasteiger charge is -2.20. The fraction of sp³-hybridized carbons (Fsp3) is 0.500. The molecule has 1 rings (SSSR count). The minimum Gasteiger partial charge on any atom is -0.464 e. The number of aliphatic hydroxyl groups is 1. The van der Waals surface area contributed by atoms with Crippen molar-refractivity contribution < 1.29 is 24.2 Å². The standard InChI is InChI=1S/C16H23NO5/c1-3-13(14(18)15(19)21-4-2)10-17-16(20)22-11-12-8-6-5-7-9-12/h5-9,13-14,18H,3-4,10-11H2,1-2H3,(H,17,20)/t13-,14-/m0/s1. The molecule has 0 spiro atoms. The topological polar surface area (TPSA) is 84.9 Å². The van der Waals surface area contributed by atoms with Gasteiger partial charge in [-0.1, -0.05) is 37.3 Å². The minimum absolute atomic E-state index is 0.143. The second kappa shape index (κ2) is 9.78. The van der Waals surface area contributed by atoms with Crippen molar-refractivity contribution in [3.8, 4) is 0 Å². The Balaban J connectivity index is 2.36. The quantitative estimate of drug-likeness (QED) is 0.716. The fourth-order valence-electron chi connectivity index (χ4n) is 1.89. The molecule has 0 heterocycles. The van der Waals surface area contributed by atoms with Crippen molar-refractivity contribution in [3.05, 3.63) is 35.9 Å². The van der Waals surface area contributed by atoms with Gasteiger partial charge in [0.25, 0.3) is 0 Å². The van der Waals surface area contributed by atoms with Crippen LogP contribution in [-0.2, 0) is 20.9 Å². The average molecular weight is 309 g/mol. The Morgan fingerprint density at radius 1 is 1.18 bits per heavy atom. The summed E-state index contributed by atoms with van der Waals surface area (Å²) in [6.45, 7) is 4.02. The third kappa shape index (κ3) is 6.13. The Morgan fingerprint density at radius 2 is 1.86 bits per heavy atom. The SMILES string of the molecule is CCOC(=O)[C@@H](O)[C@@H](CC)CNC(=O)OCc1ccccc1. The Kier molecular flexibility index (Phi) is 7.99. The Labute approximate surface area is 130 Å². The highest BCUT2D eigenvalue weighted by Gasteiger charge is 2.26. The minimum atomic E-state index is -1.25. The molecule has 2 N–H and O–H groups in total. The molecule has 0 saturated carbocycles. The molecule has 0 saturated heterocycles. The summed E-state index contributed by atoms with van der Waals surface area (Å²) in [6, 6.07) is 9.31. The molecule has 0 bridgehead atoms. The zero-order chi connectivity index (χ0) is 16.4. The van der Waals surface area contributed by atoms with Gasteiger partial charge in [-0.3, -0.25) is 0 Å². The number of nitrogens with one attached hydrogen (secondary N) is 1. The van der Waals surface area contributed by atoms with E-state index in [1.165, 1.54) is 0 Å². The number of rotatable bonds is 8. The maximum absolute atomic E-state index is 11.6. The van der Waals surface area contributed by atoms with E-state index in [1.807, 2.05) is 37.3 Å². The third-order valence-corrected chi connectivity index (χ3v) is 3.22. The summed E-state index contributed by atoms with van der Waals surface area (Å²) >= 11 is 0. The molecule has 0 fully saturated rings. The zero-order valence-electron chi connectivity index (χ0n) is 13.0. The van der Waals surface area contributed by atoms with Gasteiger partial charge in [0.15, 0.2) is 6.10 Å². The predicted molar refractivity (Wildman–Crippen MR) is 81.1 cm³/mol. The number of hydrogen-bond donors (Lipinski definition) is 2. The molecule has 2 atom stereocenters. The number of hydrogen-bond acceptors (Lipinski definition) is 5. The summed E-state index contributed by atoms with van der Waals surface area (Å²) in [7, 11) is 0. The first-order chi connectivity index (χ1) is 10.6. The van der Waals surface area contributed by atoms with Crippen molar-refractivity contribution in [1.29, 1.82) is 0 Å². The lowest BCUT2D eigenvalue weighted by molar-refractivity contribution is -0.156. The van der Waals surface area contributed by atoms with Gasteiger partial charge in [-0.2, -0.15) is 0 Å². The van der Waals surface area contributed by atoms with Crippen LogP contribution in [-0.4, -0.2) is 36.4 Å². The molecule has 0 unspecified atom stereocenters. The van der Waals surface area contributed by atoms with Crippen LogP contribution < -0.4 is 5.32 Å². The second-order valence-electron chi connectivity index (χ2n) is 4.81. The molecule has 0 radical (unpaired) electrons. The van der Waals surface area contributed by atoms with Crippen LogP contribution in [0.2, 0.25) is 0 Å². The van der Waals surface area contributed by atoms with E-state index < -0.39 is 24.1 Å². The van der Waals surface area contributed by atoms with Crippen LogP contribution >= 0.6 is 0 Å². The Bertz CT molecular complexity index is 463. The van der Waals surface area contributed by atoms with E-state index in [0.29, 0.717) is 6.42 Å². The van der Waals surface area contributed by atoms with Gasteiger partial charge in [0.05, 0.1) is 6.61 Å². The number of benzene rings is 1. The normalized spacial score (nSPS) is 13.0. The number of alkyl carbamates (subject to hydrolysis) is 1. The Morgan fingerprint density at radius 3 is 2.45 bits per heavy atom. The van der Waals surface area contributed by atoms with Crippen LogP contribution in [0.3, 0.4) is 0 Å². The molecular formula is C16H23NO5. The van der Waals surface area contributed by atoms with Gasteiger partial charge in [-0.25, -0.2) is 9.59 Å². The van der Waals surface area contributed by atoms with Crippen LogP contribution in [0, 0.1) is 5.92 Å². The number of carbonyl (C=O) groups is 2. The highest BCUT2D eigenvalue weighted by atomic mass is 16.6.